The molecule has 1 aromatic carbocycles. The van der Waals surface area contributed by atoms with Gasteiger partial charge in [-0.3, -0.25) is 4.98 Å². The Morgan fingerprint density at radius 2 is 2.05 bits per heavy atom. The molecule has 1 N–H and O–H groups in total. The number of rotatable bonds is 4. The van der Waals surface area contributed by atoms with Crippen LogP contribution in [-0.2, 0) is 19.3 Å². The molecular formula is C18H22N2. The van der Waals surface area contributed by atoms with Crippen molar-refractivity contribution in [2.24, 2.45) is 0 Å². The van der Waals surface area contributed by atoms with E-state index in [1.54, 1.807) is 11.1 Å². The van der Waals surface area contributed by atoms with Crippen molar-refractivity contribution in [3.63, 3.8) is 0 Å². The summed E-state index contributed by atoms with van der Waals surface area (Å²) in [5, 5.41) is 3.45. The van der Waals surface area contributed by atoms with E-state index in [-0.39, 0.29) is 0 Å². The molecule has 2 nitrogen and oxygen atoms in total. The average Bonchev–Trinajstić information content (AvgIpc) is 2.93. The fourth-order valence-electron chi connectivity index (χ4n) is 3.23. The maximum Gasteiger partial charge on any atom is 0.0362 e. The molecule has 1 heterocycles. The highest BCUT2D eigenvalue weighted by atomic mass is 14.9. The number of hydrogen-bond donors (Lipinski definition) is 1. The van der Waals surface area contributed by atoms with E-state index < -0.39 is 0 Å². The van der Waals surface area contributed by atoms with Crippen LogP contribution in [0.25, 0.3) is 0 Å². The lowest BCUT2D eigenvalue weighted by atomic mass is 9.95. The summed E-state index contributed by atoms with van der Waals surface area (Å²) >= 11 is 0. The minimum atomic E-state index is 0.359. The Labute approximate surface area is 121 Å². The normalized spacial score (nSPS) is 15.1. The first-order chi connectivity index (χ1) is 9.78. The number of benzene rings is 1. The molecule has 3 rings (SSSR count). The summed E-state index contributed by atoms with van der Waals surface area (Å²) in [4.78, 5) is 4.19. The van der Waals surface area contributed by atoms with Crippen LogP contribution in [-0.4, -0.2) is 12.0 Å². The fraction of sp³-hybridized carbons (Fsp3) is 0.389. The zero-order valence-electron chi connectivity index (χ0n) is 12.3. The molecule has 2 heteroatoms. The SMILES string of the molecule is CNC(Cc1ccc2c(c1)CCC2)c1ccncc1C. The molecule has 104 valence electrons. The van der Waals surface area contributed by atoms with E-state index >= 15 is 0 Å². The first-order valence-corrected chi connectivity index (χ1v) is 7.46. The van der Waals surface area contributed by atoms with Crippen molar-refractivity contribution in [1.82, 2.24) is 10.3 Å². The molecule has 0 saturated heterocycles. The van der Waals surface area contributed by atoms with Crippen LogP contribution in [0.1, 0.15) is 40.3 Å². The molecule has 0 amide bonds. The van der Waals surface area contributed by atoms with Crippen molar-refractivity contribution in [3.05, 3.63) is 64.5 Å². The van der Waals surface area contributed by atoms with E-state index in [4.69, 9.17) is 0 Å². The van der Waals surface area contributed by atoms with Gasteiger partial charge in [-0.25, -0.2) is 0 Å². The van der Waals surface area contributed by atoms with Gasteiger partial charge in [0.2, 0.25) is 0 Å². The Kier molecular flexibility index (Phi) is 3.83. The maximum absolute atomic E-state index is 4.19. The second-order valence-electron chi connectivity index (χ2n) is 5.73. The lowest BCUT2D eigenvalue weighted by Crippen LogP contribution is -2.20. The molecule has 0 spiro atoms. The molecule has 1 aromatic heterocycles. The van der Waals surface area contributed by atoms with Gasteiger partial charge in [-0.1, -0.05) is 18.2 Å². The zero-order chi connectivity index (χ0) is 13.9. The average molecular weight is 266 g/mol. The first kappa shape index (κ1) is 13.3. The van der Waals surface area contributed by atoms with Crippen molar-refractivity contribution in [3.8, 4) is 0 Å². The van der Waals surface area contributed by atoms with E-state index in [2.05, 4.69) is 41.5 Å². The molecule has 20 heavy (non-hydrogen) atoms. The van der Waals surface area contributed by atoms with Crippen molar-refractivity contribution in [1.29, 1.82) is 0 Å². The first-order valence-electron chi connectivity index (χ1n) is 7.46. The van der Waals surface area contributed by atoms with E-state index in [0.29, 0.717) is 6.04 Å². The van der Waals surface area contributed by atoms with E-state index in [1.165, 1.54) is 36.0 Å². The van der Waals surface area contributed by atoms with E-state index in [1.807, 2.05) is 19.4 Å². The smallest absolute Gasteiger partial charge is 0.0362 e. The molecule has 2 aromatic rings. The van der Waals surface area contributed by atoms with E-state index in [0.717, 1.165) is 6.42 Å². The van der Waals surface area contributed by atoms with Gasteiger partial charge < -0.3 is 5.32 Å². The van der Waals surface area contributed by atoms with Crippen LogP contribution >= 0.6 is 0 Å². The highest BCUT2D eigenvalue weighted by molar-refractivity contribution is 5.36. The lowest BCUT2D eigenvalue weighted by Gasteiger charge is -2.19. The summed E-state index contributed by atoms with van der Waals surface area (Å²) in [5.74, 6) is 0. The highest BCUT2D eigenvalue weighted by Gasteiger charge is 2.15. The van der Waals surface area contributed by atoms with Crippen LogP contribution in [0.5, 0.6) is 0 Å². The summed E-state index contributed by atoms with van der Waals surface area (Å²) in [6, 6.07) is 9.51. The number of hydrogen-bond acceptors (Lipinski definition) is 2. The van der Waals surface area contributed by atoms with Gasteiger partial charge in [-0.05, 0) is 73.5 Å². The topological polar surface area (TPSA) is 24.9 Å². The Bertz CT molecular complexity index is 604. The second-order valence-corrected chi connectivity index (χ2v) is 5.73. The fourth-order valence-corrected chi connectivity index (χ4v) is 3.23. The Hall–Kier alpha value is -1.67. The number of nitrogens with zero attached hydrogens (tertiary/aromatic N) is 1. The highest BCUT2D eigenvalue weighted by Crippen LogP contribution is 2.26. The summed E-state index contributed by atoms with van der Waals surface area (Å²) in [6.45, 7) is 2.13. The third-order valence-electron chi connectivity index (χ3n) is 4.39. The molecular weight excluding hydrogens is 244 g/mol. The van der Waals surface area contributed by atoms with Crippen molar-refractivity contribution in [2.45, 2.75) is 38.6 Å². The molecule has 1 atom stereocenters. The lowest BCUT2D eigenvalue weighted by molar-refractivity contribution is 0.588. The number of fused-ring (bicyclic) bond motifs is 1. The van der Waals surface area contributed by atoms with Gasteiger partial charge in [-0.15, -0.1) is 0 Å². The Morgan fingerprint density at radius 3 is 2.85 bits per heavy atom. The van der Waals surface area contributed by atoms with Gasteiger partial charge in [0.25, 0.3) is 0 Å². The largest absolute Gasteiger partial charge is 0.313 e. The molecule has 1 aliphatic rings. The van der Waals surface area contributed by atoms with Gasteiger partial charge in [0.05, 0.1) is 0 Å². The molecule has 1 aliphatic carbocycles. The van der Waals surface area contributed by atoms with Gasteiger partial charge in [0.15, 0.2) is 0 Å². The molecule has 0 radical (unpaired) electrons. The summed E-state index contributed by atoms with van der Waals surface area (Å²) in [6.07, 6.45) is 8.69. The van der Waals surface area contributed by atoms with Gasteiger partial charge in [-0.2, -0.15) is 0 Å². The van der Waals surface area contributed by atoms with Crippen LogP contribution in [0.3, 0.4) is 0 Å². The number of pyridine rings is 1. The standard InChI is InChI=1S/C18H22N2/c1-13-12-20-9-8-17(13)18(19-2)11-14-6-7-15-4-3-5-16(15)10-14/h6-10,12,18-19H,3-5,11H2,1-2H3. The molecule has 0 aliphatic heterocycles. The van der Waals surface area contributed by atoms with Crippen LogP contribution in [0.15, 0.2) is 36.7 Å². The van der Waals surface area contributed by atoms with Crippen LogP contribution in [0.2, 0.25) is 0 Å². The van der Waals surface area contributed by atoms with Crippen LogP contribution in [0.4, 0.5) is 0 Å². The minimum absolute atomic E-state index is 0.359. The third-order valence-corrected chi connectivity index (χ3v) is 4.39. The predicted molar refractivity (Wildman–Crippen MR) is 82.9 cm³/mol. The number of aromatic nitrogens is 1. The van der Waals surface area contributed by atoms with Crippen LogP contribution < -0.4 is 5.32 Å². The zero-order valence-corrected chi connectivity index (χ0v) is 12.3. The Balaban J connectivity index is 1.83. The quantitative estimate of drug-likeness (QED) is 0.917. The van der Waals surface area contributed by atoms with Crippen molar-refractivity contribution in [2.75, 3.05) is 7.05 Å². The monoisotopic (exact) mass is 266 g/mol. The van der Waals surface area contributed by atoms with Gasteiger partial charge in [0, 0.05) is 18.4 Å². The molecule has 0 saturated carbocycles. The van der Waals surface area contributed by atoms with Crippen molar-refractivity contribution < 1.29 is 0 Å². The molecule has 0 bridgehead atoms. The number of aryl methyl sites for hydroxylation is 3. The predicted octanol–water partition coefficient (Wildman–Crippen LogP) is 3.38. The van der Waals surface area contributed by atoms with Gasteiger partial charge >= 0.3 is 0 Å². The molecule has 1 unspecified atom stereocenters. The molecule has 0 fully saturated rings. The van der Waals surface area contributed by atoms with Crippen LogP contribution in [0, 0.1) is 6.92 Å². The minimum Gasteiger partial charge on any atom is -0.313 e. The summed E-state index contributed by atoms with van der Waals surface area (Å²) < 4.78 is 0. The third kappa shape index (κ3) is 2.61. The summed E-state index contributed by atoms with van der Waals surface area (Å²) in [7, 11) is 2.04. The van der Waals surface area contributed by atoms with Gasteiger partial charge in [0.1, 0.15) is 0 Å². The van der Waals surface area contributed by atoms with Crippen molar-refractivity contribution >= 4 is 0 Å². The number of likely N-dealkylation sites (N-methyl/N-ethyl adjacent to an activating group) is 1. The number of nitrogens with one attached hydrogen (secondary N) is 1. The maximum atomic E-state index is 4.19. The van der Waals surface area contributed by atoms with E-state index in [9.17, 15) is 0 Å². The Morgan fingerprint density at radius 1 is 1.20 bits per heavy atom. The second kappa shape index (κ2) is 5.76. The summed E-state index contributed by atoms with van der Waals surface area (Å²) in [5.41, 5.74) is 7.15.